The number of allylic oxidation sites excluding steroid dienone is 1. The van der Waals surface area contributed by atoms with Crippen molar-refractivity contribution < 1.29 is 13.5 Å². The predicted octanol–water partition coefficient (Wildman–Crippen LogP) is 1.30. The number of phenolic OH excluding ortho intramolecular Hbond substituents is 1. The van der Waals surface area contributed by atoms with E-state index in [0.29, 0.717) is 5.56 Å². The average Bonchev–Trinajstić information content (AvgIpc) is 2.12. The van der Waals surface area contributed by atoms with Crippen molar-refractivity contribution in [2.75, 3.05) is 6.26 Å². The van der Waals surface area contributed by atoms with Crippen LogP contribution in [-0.4, -0.2) is 19.8 Å². The number of nitrogens with zero attached hydrogens (tertiary/aromatic N) is 1. The molecule has 5 heteroatoms. The standard InChI is InChI=1S/C10H9NO3S/c1-15(13,14)10(7-11)6-8-3-2-4-9(12)5-8/h2-6,12H,1H3/b10-6-. The molecule has 0 amide bonds. The van der Waals surface area contributed by atoms with Gasteiger partial charge in [-0.15, -0.1) is 0 Å². The normalized spacial score (nSPS) is 12.1. The highest BCUT2D eigenvalue weighted by Crippen LogP contribution is 2.15. The molecule has 1 aromatic carbocycles. The van der Waals surface area contributed by atoms with Crippen molar-refractivity contribution in [2.45, 2.75) is 0 Å². The zero-order valence-electron chi connectivity index (χ0n) is 8.01. The number of rotatable bonds is 2. The molecule has 0 aliphatic carbocycles. The van der Waals surface area contributed by atoms with Gasteiger partial charge in [0.2, 0.25) is 0 Å². The summed E-state index contributed by atoms with van der Waals surface area (Å²) in [6, 6.07) is 7.61. The van der Waals surface area contributed by atoms with E-state index >= 15 is 0 Å². The van der Waals surface area contributed by atoms with Crippen LogP contribution in [0.3, 0.4) is 0 Å². The van der Waals surface area contributed by atoms with Gasteiger partial charge in [0, 0.05) is 6.26 Å². The lowest BCUT2D eigenvalue weighted by atomic mass is 10.2. The first-order valence-corrected chi connectivity index (χ1v) is 5.93. The van der Waals surface area contributed by atoms with Crippen LogP contribution in [0.15, 0.2) is 29.2 Å². The van der Waals surface area contributed by atoms with Gasteiger partial charge in [0.1, 0.15) is 16.7 Å². The Bertz CT molecular complexity index is 538. The summed E-state index contributed by atoms with van der Waals surface area (Å²) in [4.78, 5) is -0.326. The zero-order chi connectivity index (χ0) is 11.5. The number of hydrogen-bond acceptors (Lipinski definition) is 4. The first kappa shape index (κ1) is 11.3. The highest BCUT2D eigenvalue weighted by molar-refractivity contribution is 7.95. The third kappa shape index (κ3) is 3.11. The molecule has 0 bridgehead atoms. The first-order chi connectivity index (χ1) is 6.93. The molecule has 0 aliphatic rings. The van der Waals surface area contributed by atoms with E-state index in [2.05, 4.69) is 0 Å². The van der Waals surface area contributed by atoms with Crippen molar-refractivity contribution in [3.8, 4) is 11.8 Å². The second-order valence-corrected chi connectivity index (χ2v) is 4.97. The molecule has 0 aliphatic heterocycles. The molecule has 1 N–H and O–H groups in total. The molecule has 0 spiro atoms. The Morgan fingerprint density at radius 3 is 2.67 bits per heavy atom. The molecule has 1 rings (SSSR count). The van der Waals surface area contributed by atoms with Crippen molar-refractivity contribution in [2.24, 2.45) is 0 Å². The summed E-state index contributed by atoms with van der Waals surface area (Å²) >= 11 is 0. The lowest BCUT2D eigenvalue weighted by Gasteiger charge is -1.97. The van der Waals surface area contributed by atoms with E-state index < -0.39 is 9.84 Å². The lowest BCUT2D eigenvalue weighted by molar-refractivity contribution is 0.475. The molecular formula is C10H9NO3S. The summed E-state index contributed by atoms with van der Waals surface area (Å²) < 4.78 is 22.2. The van der Waals surface area contributed by atoms with E-state index in [0.717, 1.165) is 6.26 Å². The van der Waals surface area contributed by atoms with E-state index in [9.17, 15) is 8.42 Å². The third-order valence-corrected chi connectivity index (χ3v) is 2.69. The zero-order valence-corrected chi connectivity index (χ0v) is 8.82. The average molecular weight is 223 g/mol. The summed E-state index contributed by atoms with van der Waals surface area (Å²) in [5.74, 6) is 0.0227. The summed E-state index contributed by atoms with van der Waals surface area (Å²) in [5, 5.41) is 17.8. The maximum absolute atomic E-state index is 11.1. The fourth-order valence-corrected chi connectivity index (χ4v) is 1.50. The van der Waals surface area contributed by atoms with Gasteiger partial charge in [0.25, 0.3) is 0 Å². The van der Waals surface area contributed by atoms with E-state index in [1.807, 2.05) is 0 Å². The minimum absolute atomic E-state index is 0.0227. The van der Waals surface area contributed by atoms with Gasteiger partial charge in [-0.2, -0.15) is 5.26 Å². The van der Waals surface area contributed by atoms with Crippen LogP contribution in [0, 0.1) is 11.3 Å². The Morgan fingerprint density at radius 1 is 1.53 bits per heavy atom. The minimum Gasteiger partial charge on any atom is -0.508 e. The van der Waals surface area contributed by atoms with Crippen molar-refractivity contribution in [1.82, 2.24) is 0 Å². The van der Waals surface area contributed by atoms with Crippen LogP contribution in [0.1, 0.15) is 5.56 Å². The van der Waals surface area contributed by atoms with Gasteiger partial charge in [-0.3, -0.25) is 0 Å². The topological polar surface area (TPSA) is 78.2 Å². The van der Waals surface area contributed by atoms with Crippen LogP contribution in [0.25, 0.3) is 6.08 Å². The number of phenols is 1. The summed E-state index contributed by atoms with van der Waals surface area (Å²) in [7, 11) is -3.51. The monoisotopic (exact) mass is 223 g/mol. The summed E-state index contributed by atoms with van der Waals surface area (Å²) in [6.45, 7) is 0. The molecule has 0 heterocycles. The van der Waals surface area contributed by atoms with Crippen LogP contribution >= 0.6 is 0 Å². The Labute approximate surface area is 88.0 Å². The van der Waals surface area contributed by atoms with Gasteiger partial charge in [-0.1, -0.05) is 12.1 Å². The SMILES string of the molecule is CS(=O)(=O)/C(C#N)=C\c1cccc(O)c1. The maximum atomic E-state index is 11.1. The maximum Gasteiger partial charge on any atom is 0.185 e. The lowest BCUT2D eigenvalue weighted by Crippen LogP contribution is -1.98. The van der Waals surface area contributed by atoms with Crippen molar-refractivity contribution in [1.29, 1.82) is 5.26 Å². The molecule has 0 unspecified atom stereocenters. The molecular weight excluding hydrogens is 214 g/mol. The fourth-order valence-electron chi connectivity index (χ4n) is 0.988. The molecule has 0 aromatic heterocycles. The Balaban J connectivity index is 3.23. The van der Waals surface area contributed by atoms with E-state index in [1.165, 1.54) is 18.2 Å². The van der Waals surface area contributed by atoms with Gasteiger partial charge >= 0.3 is 0 Å². The predicted molar refractivity (Wildman–Crippen MR) is 56.5 cm³/mol. The number of sulfone groups is 1. The Hall–Kier alpha value is -1.80. The van der Waals surface area contributed by atoms with Crippen molar-refractivity contribution in [3.05, 3.63) is 34.7 Å². The van der Waals surface area contributed by atoms with Crippen LogP contribution in [0.5, 0.6) is 5.75 Å². The van der Waals surface area contributed by atoms with Crippen LogP contribution < -0.4 is 0 Å². The number of aromatic hydroxyl groups is 1. The summed E-state index contributed by atoms with van der Waals surface area (Å²) in [5.41, 5.74) is 0.469. The van der Waals surface area contributed by atoms with Crippen LogP contribution in [-0.2, 0) is 9.84 Å². The van der Waals surface area contributed by atoms with Crippen molar-refractivity contribution >= 4 is 15.9 Å². The Kier molecular flexibility index (Phi) is 3.12. The molecule has 0 atom stereocenters. The molecule has 0 fully saturated rings. The molecule has 78 valence electrons. The van der Waals surface area contributed by atoms with Gasteiger partial charge in [-0.05, 0) is 23.8 Å². The van der Waals surface area contributed by atoms with Gasteiger partial charge in [0.05, 0.1) is 0 Å². The molecule has 0 saturated heterocycles. The molecule has 0 saturated carbocycles. The largest absolute Gasteiger partial charge is 0.508 e. The Morgan fingerprint density at radius 2 is 2.20 bits per heavy atom. The first-order valence-electron chi connectivity index (χ1n) is 4.04. The molecule has 4 nitrogen and oxygen atoms in total. The van der Waals surface area contributed by atoms with Gasteiger partial charge in [0.15, 0.2) is 9.84 Å². The second kappa shape index (κ2) is 4.15. The number of hydrogen-bond donors (Lipinski definition) is 1. The van der Waals surface area contributed by atoms with E-state index in [-0.39, 0.29) is 10.7 Å². The minimum atomic E-state index is -3.51. The quantitative estimate of drug-likeness (QED) is 0.766. The summed E-state index contributed by atoms with van der Waals surface area (Å²) in [6.07, 6.45) is 2.18. The second-order valence-electron chi connectivity index (χ2n) is 2.99. The number of benzene rings is 1. The highest BCUT2D eigenvalue weighted by Gasteiger charge is 2.10. The third-order valence-electron chi connectivity index (χ3n) is 1.68. The smallest absolute Gasteiger partial charge is 0.185 e. The molecule has 1 aromatic rings. The van der Waals surface area contributed by atoms with Gasteiger partial charge < -0.3 is 5.11 Å². The van der Waals surface area contributed by atoms with E-state index in [4.69, 9.17) is 10.4 Å². The molecule has 15 heavy (non-hydrogen) atoms. The van der Waals surface area contributed by atoms with Crippen molar-refractivity contribution in [3.63, 3.8) is 0 Å². The highest BCUT2D eigenvalue weighted by atomic mass is 32.2. The van der Waals surface area contributed by atoms with Crippen LogP contribution in [0.2, 0.25) is 0 Å². The molecule has 0 radical (unpaired) electrons. The number of nitriles is 1. The van der Waals surface area contributed by atoms with Gasteiger partial charge in [-0.25, -0.2) is 8.42 Å². The van der Waals surface area contributed by atoms with Crippen LogP contribution in [0.4, 0.5) is 0 Å². The van der Waals surface area contributed by atoms with E-state index in [1.54, 1.807) is 18.2 Å². The fraction of sp³-hybridized carbons (Fsp3) is 0.100.